The molecule has 0 aromatic heterocycles. The average molecular weight is 361 g/mol. The van der Waals surface area contributed by atoms with Crippen LogP contribution in [0.1, 0.15) is 31.4 Å². The Balaban J connectivity index is 1.81. The standard InChI is InChI=1S/C17H19N3O6/c1-10-14(16(21)26-9-13-3-2-8-25-13)15(19-17(22)18-10)11-4-6-12(7-5-11)20(23)24/h4-7,13,15H,2-3,8-9H2,1H3,(H2,18,19,22)/t13-,15+/m0/s1. The van der Waals surface area contributed by atoms with Crippen molar-refractivity contribution in [2.75, 3.05) is 13.2 Å². The Morgan fingerprint density at radius 1 is 1.38 bits per heavy atom. The van der Waals surface area contributed by atoms with Gasteiger partial charge in [-0.25, -0.2) is 9.59 Å². The quantitative estimate of drug-likeness (QED) is 0.470. The number of carbonyl (C=O) groups excluding carboxylic acids is 2. The van der Waals surface area contributed by atoms with Gasteiger partial charge in [0.1, 0.15) is 6.61 Å². The number of esters is 1. The Labute approximate surface area is 149 Å². The Kier molecular flexibility index (Phi) is 5.17. The normalized spacial score (nSPS) is 22.6. The number of carbonyl (C=O) groups is 2. The molecule has 0 radical (unpaired) electrons. The van der Waals surface area contributed by atoms with Crippen LogP contribution in [0.5, 0.6) is 0 Å². The van der Waals surface area contributed by atoms with Crippen molar-refractivity contribution in [2.24, 2.45) is 0 Å². The van der Waals surface area contributed by atoms with Crippen LogP contribution >= 0.6 is 0 Å². The summed E-state index contributed by atoms with van der Waals surface area (Å²) in [6, 6.07) is 4.47. The van der Waals surface area contributed by atoms with Crippen LogP contribution in [0.4, 0.5) is 10.5 Å². The van der Waals surface area contributed by atoms with E-state index in [0.29, 0.717) is 17.9 Å². The number of urea groups is 1. The second-order valence-electron chi connectivity index (χ2n) is 6.15. The van der Waals surface area contributed by atoms with Gasteiger partial charge in [0, 0.05) is 24.4 Å². The van der Waals surface area contributed by atoms with Crippen LogP contribution in [0.2, 0.25) is 0 Å². The zero-order chi connectivity index (χ0) is 18.7. The lowest BCUT2D eigenvalue weighted by Gasteiger charge is -2.28. The second kappa shape index (κ2) is 7.52. The van der Waals surface area contributed by atoms with Crippen LogP contribution in [0, 0.1) is 10.1 Å². The van der Waals surface area contributed by atoms with E-state index in [2.05, 4.69) is 10.6 Å². The summed E-state index contributed by atoms with van der Waals surface area (Å²) in [5.74, 6) is -0.561. The SMILES string of the molecule is CC1=C(C(=O)OC[C@@H]2CCCO2)[C@@H](c2ccc([N+](=O)[O-])cc2)NC(=O)N1. The summed E-state index contributed by atoms with van der Waals surface area (Å²) in [6.45, 7) is 2.42. The molecule has 1 saturated heterocycles. The lowest BCUT2D eigenvalue weighted by molar-refractivity contribution is -0.384. The molecule has 2 amide bonds. The molecule has 0 aliphatic carbocycles. The maximum Gasteiger partial charge on any atom is 0.338 e. The number of nitrogens with one attached hydrogen (secondary N) is 2. The highest BCUT2D eigenvalue weighted by Gasteiger charge is 2.33. The number of hydrogen-bond acceptors (Lipinski definition) is 6. The van der Waals surface area contributed by atoms with Crippen molar-refractivity contribution < 1.29 is 24.0 Å². The average Bonchev–Trinajstić information content (AvgIpc) is 3.12. The van der Waals surface area contributed by atoms with Crippen molar-refractivity contribution >= 4 is 17.7 Å². The monoisotopic (exact) mass is 361 g/mol. The number of allylic oxidation sites excluding steroid dienone is 1. The van der Waals surface area contributed by atoms with E-state index < -0.39 is 23.0 Å². The van der Waals surface area contributed by atoms with E-state index in [4.69, 9.17) is 9.47 Å². The predicted molar refractivity (Wildman–Crippen MR) is 90.1 cm³/mol. The van der Waals surface area contributed by atoms with Gasteiger partial charge in [-0.3, -0.25) is 10.1 Å². The summed E-state index contributed by atoms with van der Waals surface area (Å²) in [5, 5.41) is 16.0. The van der Waals surface area contributed by atoms with Crippen molar-refractivity contribution in [1.29, 1.82) is 0 Å². The first-order valence-corrected chi connectivity index (χ1v) is 8.27. The fourth-order valence-corrected chi connectivity index (χ4v) is 3.03. The van der Waals surface area contributed by atoms with Crippen LogP contribution in [0.25, 0.3) is 0 Å². The summed E-state index contributed by atoms with van der Waals surface area (Å²) in [5.41, 5.74) is 1.12. The molecule has 1 fully saturated rings. The van der Waals surface area contributed by atoms with Gasteiger partial charge in [-0.1, -0.05) is 0 Å². The zero-order valence-electron chi connectivity index (χ0n) is 14.2. The van der Waals surface area contributed by atoms with Crippen LogP contribution in [0.15, 0.2) is 35.5 Å². The summed E-state index contributed by atoms with van der Waals surface area (Å²) in [7, 11) is 0. The van der Waals surface area contributed by atoms with Crippen LogP contribution < -0.4 is 10.6 Å². The number of rotatable bonds is 5. The number of amides is 2. The van der Waals surface area contributed by atoms with Crippen molar-refractivity contribution in [3.8, 4) is 0 Å². The first-order chi connectivity index (χ1) is 12.5. The van der Waals surface area contributed by atoms with Crippen molar-refractivity contribution in [2.45, 2.75) is 31.9 Å². The number of non-ortho nitro benzene ring substituents is 1. The Morgan fingerprint density at radius 2 is 2.12 bits per heavy atom. The van der Waals surface area contributed by atoms with Gasteiger partial charge in [0.05, 0.1) is 22.6 Å². The van der Waals surface area contributed by atoms with Gasteiger partial charge >= 0.3 is 12.0 Å². The summed E-state index contributed by atoms with van der Waals surface area (Å²) in [4.78, 5) is 34.7. The maximum atomic E-state index is 12.6. The number of nitro groups is 1. The highest BCUT2D eigenvalue weighted by atomic mass is 16.6. The molecule has 2 atom stereocenters. The lowest BCUT2D eigenvalue weighted by atomic mass is 9.95. The molecule has 0 spiro atoms. The number of hydrogen-bond donors (Lipinski definition) is 2. The van der Waals surface area contributed by atoms with E-state index in [9.17, 15) is 19.7 Å². The molecule has 0 bridgehead atoms. The molecule has 9 nitrogen and oxygen atoms in total. The number of benzene rings is 1. The highest BCUT2D eigenvalue weighted by molar-refractivity contribution is 5.95. The molecule has 3 rings (SSSR count). The predicted octanol–water partition coefficient (Wildman–Crippen LogP) is 1.94. The third-order valence-corrected chi connectivity index (χ3v) is 4.35. The number of nitro benzene ring substituents is 1. The molecule has 26 heavy (non-hydrogen) atoms. The topological polar surface area (TPSA) is 120 Å². The summed E-state index contributed by atoms with van der Waals surface area (Å²) >= 11 is 0. The molecule has 2 aliphatic rings. The minimum absolute atomic E-state index is 0.0720. The van der Waals surface area contributed by atoms with Gasteiger partial charge in [-0.15, -0.1) is 0 Å². The Hall–Kier alpha value is -2.94. The van der Waals surface area contributed by atoms with Crippen molar-refractivity contribution in [3.63, 3.8) is 0 Å². The minimum atomic E-state index is -0.749. The van der Waals surface area contributed by atoms with Gasteiger partial charge in [0.25, 0.3) is 5.69 Å². The van der Waals surface area contributed by atoms with Gasteiger partial charge < -0.3 is 20.1 Å². The molecule has 2 N–H and O–H groups in total. The molecule has 0 saturated carbocycles. The van der Waals surface area contributed by atoms with Crippen LogP contribution in [-0.4, -0.2) is 36.2 Å². The Morgan fingerprint density at radius 3 is 2.73 bits per heavy atom. The summed E-state index contributed by atoms with van der Waals surface area (Å²) < 4.78 is 10.8. The third-order valence-electron chi connectivity index (χ3n) is 4.35. The minimum Gasteiger partial charge on any atom is -0.459 e. The Bertz CT molecular complexity index is 752. The van der Waals surface area contributed by atoms with Crippen LogP contribution in [0.3, 0.4) is 0 Å². The van der Waals surface area contributed by atoms with Crippen molar-refractivity contribution in [3.05, 3.63) is 51.2 Å². The van der Waals surface area contributed by atoms with Gasteiger partial charge in [-0.05, 0) is 37.5 Å². The zero-order valence-corrected chi connectivity index (χ0v) is 14.2. The van der Waals surface area contributed by atoms with Gasteiger partial charge in [-0.2, -0.15) is 0 Å². The molecule has 138 valence electrons. The fourth-order valence-electron chi connectivity index (χ4n) is 3.03. The van der Waals surface area contributed by atoms with E-state index >= 15 is 0 Å². The third kappa shape index (κ3) is 3.83. The largest absolute Gasteiger partial charge is 0.459 e. The number of ether oxygens (including phenoxy) is 2. The lowest BCUT2D eigenvalue weighted by Crippen LogP contribution is -2.45. The van der Waals surface area contributed by atoms with Gasteiger partial charge in [0.15, 0.2) is 0 Å². The van der Waals surface area contributed by atoms with Gasteiger partial charge in [0.2, 0.25) is 0 Å². The number of nitrogens with zero attached hydrogens (tertiary/aromatic N) is 1. The molecule has 0 unspecified atom stereocenters. The first kappa shape index (κ1) is 17.9. The van der Waals surface area contributed by atoms with E-state index in [0.717, 1.165) is 12.8 Å². The second-order valence-corrected chi connectivity index (χ2v) is 6.15. The fraction of sp³-hybridized carbons (Fsp3) is 0.412. The highest BCUT2D eigenvalue weighted by Crippen LogP contribution is 2.29. The maximum absolute atomic E-state index is 12.6. The van der Waals surface area contributed by atoms with Crippen LogP contribution in [-0.2, 0) is 14.3 Å². The van der Waals surface area contributed by atoms with Crippen molar-refractivity contribution in [1.82, 2.24) is 10.6 Å². The summed E-state index contributed by atoms with van der Waals surface area (Å²) in [6.07, 6.45) is 1.67. The van der Waals surface area contributed by atoms with E-state index in [-0.39, 0.29) is 24.0 Å². The molecular weight excluding hydrogens is 342 g/mol. The molecule has 9 heteroatoms. The molecule has 2 aliphatic heterocycles. The molecular formula is C17H19N3O6. The van der Waals surface area contributed by atoms with E-state index in [1.165, 1.54) is 24.3 Å². The van der Waals surface area contributed by atoms with E-state index in [1.54, 1.807) is 6.92 Å². The molecule has 1 aromatic rings. The van der Waals surface area contributed by atoms with E-state index in [1.807, 2.05) is 0 Å². The molecule has 1 aromatic carbocycles. The molecule has 2 heterocycles. The smallest absolute Gasteiger partial charge is 0.338 e. The first-order valence-electron chi connectivity index (χ1n) is 8.27.